The summed E-state index contributed by atoms with van der Waals surface area (Å²) in [7, 11) is 0. The Morgan fingerprint density at radius 3 is 3.00 bits per heavy atom. The molecule has 0 unspecified atom stereocenters. The highest BCUT2D eigenvalue weighted by atomic mass is 35.5. The molecule has 2 aromatic rings. The van der Waals surface area contributed by atoms with E-state index < -0.39 is 0 Å². The average molecular weight is 309 g/mol. The summed E-state index contributed by atoms with van der Waals surface area (Å²) in [5, 5.41) is 11.8. The first-order chi connectivity index (χ1) is 9.70. The van der Waals surface area contributed by atoms with Crippen LogP contribution in [0, 0.1) is 0 Å². The van der Waals surface area contributed by atoms with Gasteiger partial charge in [0.25, 0.3) is 0 Å². The van der Waals surface area contributed by atoms with Gasteiger partial charge in [-0.15, -0.1) is 23.3 Å². The van der Waals surface area contributed by atoms with Crippen molar-refractivity contribution in [2.45, 2.75) is 11.9 Å². The van der Waals surface area contributed by atoms with Gasteiger partial charge in [0, 0.05) is 11.6 Å². The predicted octanol–water partition coefficient (Wildman–Crippen LogP) is 1.82. The van der Waals surface area contributed by atoms with E-state index >= 15 is 0 Å². The summed E-state index contributed by atoms with van der Waals surface area (Å²) in [6.45, 7) is 2.79. The number of hydrogen-bond donors (Lipinski definition) is 3. The Hall–Kier alpha value is -1.70. The van der Waals surface area contributed by atoms with Crippen LogP contribution in [0.1, 0.15) is 12.5 Å². The largest absolute Gasteiger partial charge is 0.271 e. The molecule has 0 saturated carbocycles. The van der Waals surface area contributed by atoms with E-state index in [1.54, 1.807) is 10.9 Å². The fourth-order valence-electron chi connectivity index (χ4n) is 1.98. The average Bonchev–Trinajstić information content (AvgIpc) is 3.04. The minimum Gasteiger partial charge on any atom is -0.271 e. The van der Waals surface area contributed by atoms with Crippen LogP contribution in [-0.4, -0.2) is 27.2 Å². The molecular weight excluding hydrogens is 296 g/mol. The topological polar surface area (TPSA) is 57.5 Å². The molecule has 0 fully saturated rings. The monoisotopic (exact) mass is 308 g/mol. The lowest BCUT2D eigenvalue weighted by molar-refractivity contribution is 0.308. The van der Waals surface area contributed by atoms with Gasteiger partial charge in [0.15, 0.2) is 5.84 Å². The van der Waals surface area contributed by atoms with Crippen molar-refractivity contribution in [1.82, 2.24) is 25.9 Å². The molecule has 3 rings (SSSR count). The molecule has 1 aromatic heterocycles. The maximum atomic E-state index is 6.01. The number of rotatable bonds is 3. The number of halogens is 1. The van der Waals surface area contributed by atoms with E-state index in [2.05, 4.69) is 33.9 Å². The summed E-state index contributed by atoms with van der Waals surface area (Å²) in [4.78, 5) is 0. The number of aromatic nitrogens is 2. The van der Waals surface area contributed by atoms with E-state index in [1.807, 2.05) is 36.2 Å². The maximum Gasteiger partial charge on any atom is 0.177 e. The first kappa shape index (κ1) is 13.3. The zero-order valence-electron chi connectivity index (χ0n) is 10.7. The van der Waals surface area contributed by atoms with Crippen molar-refractivity contribution in [3.63, 3.8) is 0 Å². The fraction of sp³-hybridized carbons (Fsp3) is 0.167. The van der Waals surface area contributed by atoms with Gasteiger partial charge in [0.2, 0.25) is 0 Å². The van der Waals surface area contributed by atoms with Gasteiger partial charge in [0.05, 0.1) is 17.4 Å². The molecule has 104 valence electrons. The number of hydrazone groups is 1. The van der Waals surface area contributed by atoms with Crippen molar-refractivity contribution in [3.05, 3.63) is 41.0 Å². The van der Waals surface area contributed by atoms with Crippen LogP contribution in [0.15, 0.2) is 40.6 Å². The van der Waals surface area contributed by atoms with Gasteiger partial charge >= 0.3 is 0 Å². The Morgan fingerprint density at radius 2 is 2.25 bits per heavy atom. The normalized spacial score (nSPS) is 14.3. The highest BCUT2D eigenvalue weighted by molar-refractivity contribution is 7.80. The lowest BCUT2D eigenvalue weighted by atomic mass is 10.3. The predicted molar refractivity (Wildman–Crippen MR) is 81.0 cm³/mol. The van der Waals surface area contributed by atoms with E-state index in [9.17, 15) is 0 Å². The third kappa shape index (κ3) is 2.24. The Kier molecular flexibility index (Phi) is 3.56. The number of benzene rings is 1. The van der Waals surface area contributed by atoms with Crippen LogP contribution in [0.3, 0.4) is 0 Å². The summed E-state index contributed by atoms with van der Waals surface area (Å²) in [6, 6.07) is 7.46. The molecule has 6 nitrogen and oxygen atoms in total. The molecule has 0 bridgehead atoms. The van der Waals surface area contributed by atoms with E-state index in [0.717, 1.165) is 23.6 Å². The van der Waals surface area contributed by atoms with Crippen LogP contribution >= 0.6 is 24.2 Å². The SMILES string of the molecule is CCN1NNN=C1c1cnn(-c2cccc(Cl)c2)c1S. The summed E-state index contributed by atoms with van der Waals surface area (Å²) in [5.74, 6) is 0.755. The lowest BCUT2D eigenvalue weighted by Crippen LogP contribution is -2.40. The molecule has 0 saturated heterocycles. The van der Waals surface area contributed by atoms with Gasteiger partial charge in [-0.2, -0.15) is 5.10 Å². The Bertz CT molecular complexity index is 668. The van der Waals surface area contributed by atoms with Crippen molar-refractivity contribution in [2.75, 3.05) is 6.54 Å². The van der Waals surface area contributed by atoms with E-state index in [-0.39, 0.29) is 0 Å². The minimum absolute atomic E-state index is 0.656. The quantitative estimate of drug-likeness (QED) is 0.757. The zero-order valence-corrected chi connectivity index (χ0v) is 12.4. The van der Waals surface area contributed by atoms with Crippen molar-refractivity contribution in [2.24, 2.45) is 5.10 Å². The van der Waals surface area contributed by atoms with Crippen LogP contribution in [0.5, 0.6) is 0 Å². The third-order valence-electron chi connectivity index (χ3n) is 2.96. The smallest absolute Gasteiger partial charge is 0.177 e. The molecule has 1 aliphatic rings. The molecular formula is C12H13ClN6S. The second-order valence-corrected chi connectivity index (χ2v) is 5.04. The second-order valence-electron chi connectivity index (χ2n) is 4.18. The Morgan fingerprint density at radius 1 is 1.40 bits per heavy atom. The molecule has 2 N–H and O–H groups in total. The first-order valence-corrected chi connectivity index (χ1v) is 6.92. The van der Waals surface area contributed by atoms with Gasteiger partial charge in [-0.05, 0) is 25.1 Å². The standard InChI is InChI=1S/C12H13ClN6S/c1-2-18-11(15-16-17-18)10-7-14-19(12(10)20)9-5-3-4-8(13)6-9/h3-7,16-17,20H,2H2,1H3. The molecule has 0 atom stereocenters. The van der Waals surface area contributed by atoms with E-state index in [1.165, 1.54) is 0 Å². The molecule has 0 amide bonds. The van der Waals surface area contributed by atoms with Gasteiger partial charge < -0.3 is 0 Å². The van der Waals surface area contributed by atoms with Crippen LogP contribution in [0.2, 0.25) is 5.02 Å². The molecule has 8 heteroatoms. The molecule has 1 aliphatic heterocycles. The van der Waals surface area contributed by atoms with E-state index in [0.29, 0.717) is 10.0 Å². The summed E-state index contributed by atoms with van der Waals surface area (Å²) >= 11 is 10.6. The minimum atomic E-state index is 0.656. The van der Waals surface area contributed by atoms with Gasteiger partial charge in [-0.25, -0.2) is 10.2 Å². The highest BCUT2D eigenvalue weighted by Crippen LogP contribution is 2.22. The maximum absolute atomic E-state index is 6.01. The van der Waals surface area contributed by atoms with Crippen molar-refractivity contribution in [1.29, 1.82) is 0 Å². The molecule has 0 spiro atoms. The van der Waals surface area contributed by atoms with Gasteiger partial charge in [0.1, 0.15) is 5.03 Å². The van der Waals surface area contributed by atoms with Crippen LogP contribution < -0.4 is 11.1 Å². The number of amidine groups is 1. The fourth-order valence-corrected chi connectivity index (χ4v) is 2.49. The van der Waals surface area contributed by atoms with Crippen LogP contribution in [0.25, 0.3) is 5.69 Å². The zero-order chi connectivity index (χ0) is 14.1. The van der Waals surface area contributed by atoms with Crippen LogP contribution in [0.4, 0.5) is 0 Å². The van der Waals surface area contributed by atoms with Crippen molar-refractivity contribution >= 4 is 30.1 Å². The summed E-state index contributed by atoms with van der Waals surface area (Å²) in [5.41, 5.74) is 7.35. The van der Waals surface area contributed by atoms with Gasteiger partial charge in [-0.1, -0.05) is 17.7 Å². The number of thiol groups is 1. The summed E-state index contributed by atoms with van der Waals surface area (Å²) < 4.78 is 1.72. The Balaban J connectivity index is 2.01. The molecule has 20 heavy (non-hydrogen) atoms. The Labute approximate surface area is 126 Å². The first-order valence-electron chi connectivity index (χ1n) is 6.10. The lowest BCUT2D eigenvalue weighted by Gasteiger charge is -2.15. The number of hydrogen-bond acceptors (Lipinski definition) is 6. The van der Waals surface area contributed by atoms with Crippen LogP contribution in [-0.2, 0) is 0 Å². The molecule has 0 aliphatic carbocycles. The molecule has 1 aromatic carbocycles. The summed E-state index contributed by atoms with van der Waals surface area (Å²) in [6.07, 6.45) is 1.74. The third-order valence-corrected chi connectivity index (χ3v) is 3.62. The number of nitrogens with one attached hydrogen (secondary N) is 2. The van der Waals surface area contributed by atoms with Crippen molar-refractivity contribution in [3.8, 4) is 5.69 Å². The van der Waals surface area contributed by atoms with E-state index in [4.69, 9.17) is 11.6 Å². The highest BCUT2D eigenvalue weighted by Gasteiger charge is 2.22. The van der Waals surface area contributed by atoms with Crippen molar-refractivity contribution < 1.29 is 0 Å². The molecule has 0 radical (unpaired) electrons. The number of nitrogens with zero attached hydrogens (tertiary/aromatic N) is 4. The molecule has 2 heterocycles. The van der Waals surface area contributed by atoms with Gasteiger partial charge in [-0.3, -0.25) is 5.01 Å². The number of hydrazine groups is 2. The second kappa shape index (κ2) is 5.35.